The Kier molecular flexibility index (Phi) is 7.97. The highest BCUT2D eigenvalue weighted by Gasteiger charge is 2.08. The van der Waals surface area contributed by atoms with Crippen molar-refractivity contribution in [1.82, 2.24) is 10.2 Å². The van der Waals surface area contributed by atoms with E-state index in [2.05, 4.69) is 29.6 Å². The van der Waals surface area contributed by atoms with Crippen LogP contribution in [0.4, 0.5) is 5.69 Å². The van der Waals surface area contributed by atoms with Gasteiger partial charge in [-0.25, -0.2) is 0 Å². The average Bonchev–Trinajstić information content (AvgIpc) is 2.41. The summed E-state index contributed by atoms with van der Waals surface area (Å²) in [5.74, 6) is -0.107. The zero-order valence-corrected chi connectivity index (χ0v) is 13.2. The Hall–Kier alpha value is -1.43. The summed E-state index contributed by atoms with van der Waals surface area (Å²) in [7, 11) is 4.12. The number of anilines is 1. The summed E-state index contributed by atoms with van der Waals surface area (Å²) < 4.78 is 0. The molecule has 0 spiro atoms. The van der Waals surface area contributed by atoms with Crippen molar-refractivity contribution in [2.45, 2.75) is 25.9 Å². The normalized spacial score (nSPS) is 12.4. The molecule has 5 heteroatoms. The van der Waals surface area contributed by atoms with Crippen molar-refractivity contribution in [2.24, 2.45) is 0 Å². The van der Waals surface area contributed by atoms with Gasteiger partial charge in [0.25, 0.3) is 0 Å². The summed E-state index contributed by atoms with van der Waals surface area (Å²) in [4.78, 5) is 13.2. The summed E-state index contributed by atoms with van der Waals surface area (Å²) in [6.45, 7) is 4.27. The number of hydrogen-bond donors (Lipinski definition) is 3. The zero-order valence-electron chi connectivity index (χ0n) is 13.2. The summed E-state index contributed by atoms with van der Waals surface area (Å²) in [5.41, 5.74) is 1.55. The molecule has 1 amide bonds. The van der Waals surface area contributed by atoms with Crippen LogP contribution in [0.5, 0.6) is 0 Å². The molecular weight excluding hydrogens is 266 g/mol. The van der Waals surface area contributed by atoms with Crippen LogP contribution < -0.4 is 10.6 Å². The lowest BCUT2D eigenvalue weighted by Crippen LogP contribution is -2.23. The molecule has 1 unspecified atom stereocenters. The molecule has 0 saturated carbocycles. The number of rotatable bonds is 9. The molecule has 1 atom stereocenters. The largest absolute Gasteiger partial charge is 0.388 e. The lowest BCUT2D eigenvalue weighted by molar-refractivity contribution is -0.114. The first-order chi connectivity index (χ1) is 9.99. The molecule has 1 aromatic rings. The Morgan fingerprint density at radius 3 is 2.76 bits per heavy atom. The van der Waals surface area contributed by atoms with Gasteiger partial charge in [0.05, 0.1) is 6.10 Å². The number of carbonyl (C=O) groups is 1. The molecule has 0 fully saturated rings. The number of nitrogens with one attached hydrogen (secondary N) is 2. The quantitative estimate of drug-likeness (QED) is 0.605. The summed E-state index contributed by atoms with van der Waals surface area (Å²) in [6, 6.07) is 7.35. The summed E-state index contributed by atoms with van der Waals surface area (Å²) >= 11 is 0. The van der Waals surface area contributed by atoms with Gasteiger partial charge in [0.2, 0.25) is 5.91 Å². The molecule has 21 heavy (non-hydrogen) atoms. The van der Waals surface area contributed by atoms with Crippen molar-refractivity contribution in [3.8, 4) is 0 Å². The monoisotopic (exact) mass is 293 g/mol. The molecule has 0 heterocycles. The maximum Gasteiger partial charge on any atom is 0.221 e. The van der Waals surface area contributed by atoms with Gasteiger partial charge in [0.1, 0.15) is 0 Å². The van der Waals surface area contributed by atoms with Crippen molar-refractivity contribution in [3.05, 3.63) is 29.8 Å². The Labute approximate surface area is 127 Å². The van der Waals surface area contributed by atoms with E-state index in [-0.39, 0.29) is 5.91 Å². The van der Waals surface area contributed by atoms with Gasteiger partial charge < -0.3 is 20.6 Å². The first-order valence-electron chi connectivity index (χ1n) is 7.40. The van der Waals surface area contributed by atoms with E-state index in [9.17, 15) is 9.90 Å². The Morgan fingerprint density at radius 1 is 1.33 bits per heavy atom. The highest BCUT2D eigenvalue weighted by Crippen LogP contribution is 2.19. The fourth-order valence-electron chi connectivity index (χ4n) is 2.08. The van der Waals surface area contributed by atoms with Crippen LogP contribution in [0.2, 0.25) is 0 Å². The van der Waals surface area contributed by atoms with E-state index in [0.717, 1.165) is 37.3 Å². The fraction of sp³-hybridized carbons (Fsp3) is 0.562. The second-order valence-electron chi connectivity index (χ2n) is 5.52. The van der Waals surface area contributed by atoms with E-state index in [1.54, 1.807) is 0 Å². The third-order valence-corrected chi connectivity index (χ3v) is 3.15. The molecule has 0 aromatic heterocycles. The molecule has 1 rings (SSSR count). The van der Waals surface area contributed by atoms with Gasteiger partial charge in [0.15, 0.2) is 0 Å². The highest BCUT2D eigenvalue weighted by molar-refractivity contribution is 5.88. The number of carbonyl (C=O) groups excluding carboxylic acids is 1. The minimum Gasteiger partial charge on any atom is -0.388 e. The molecule has 118 valence electrons. The van der Waals surface area contributed by atoms with E-state index in [4.69, 9.17) is 0 Å². The minimum absolute atomic E-state index is 0.107. The van der Waals surface area contributed by atoms with Crippen molar-refractivity contribution in [1.29, 1.82) is 0 Å². The maximum atomic E-state index is 11.0. The number of aliphatic hydroxyl groups is 1. The van der Waals surface area contributed by atoms with Gasteiger partial charge in [-0.1, -0.05) is 12.1 Å². The summed E-state index contributed by atoms with van der Waals surface area (Å²) in [6.07, 6.45) is 1.24. The van der Waals surface area contributed by atoms with Crippen LogP contribution in [-0.4, -0.2) is 49.6 Å². The van der Waals surface area contributed by atoms with Crippen LogP contribution in [0.15, 0.2) is 24.3 Å². The molecule has 0 aliphatic heterocycles. The van der Waals surface area contributed by atoms with Crippen LogP contribution in [-0.2, 0) is 4.79 Å². The lowest BCUT2D eigenvalue weighted by Gasteiger charge is -2.14. The van der Waals surface area contributed by atoms with Crippen LogP contribution in [0.1, 0.15) is 31.4 Å². The maximum absolute atomic E-state index is 11.0. The number of aliphatic hydroxyl groups excluding tert-OH is 1. The summed E-state index contributed by atoms with van der Waals surface area (Å²) in [5, 5.41) is 16.2. The molecule has 5 nitrogen and oxygen atoms in total. The average molecular weight is 293 g/mol. The zero-order chi connectivity index (χ0) is 15.7. The SMILES string of the molecule is CC(=O)Nc1cccc(C(O)CCNCCCN(C)C)c1. The van der Waals surface area contributed by atoms with Crippen molar-refractivity contribution >= 4 is 11.6 Å². The molecular formula is C16H27N3O2. The Bertz CT molecular complexity index is 435. The minimum atomic E-state index is -0.514. The lowest BCUT2D eigenvalue weighted by atomic mass is 10.1. The predicted molar refractivity (Wildman–Crippen MR) is 86.4 cm³/mol. The van der Waals surface area contributed by atoms with E-state index >= 15 is 0 Å². The molecule has 1 aromatic carbocycles. The highest BCUT2D eigenvalue weighted by atomic mass is 16.3. The molecule has 0 aliphatic carbocycles. The van der Waals surface area contributed by atoms with E-state index in [1.807, 2.05) is 24.3 Å². The van der Waals surface area contributed by atoms with E-state index in [1.165, 1.54) is 6.92 Å². The van der Waals surface area contributed by atoms with Gasteiger partial charge in [-0.15, -0.1) is 0 Å². The predicted octanol–water partition coefficient (Wildman–Crippen LogP) is 1.61. The van der Waals surface area contributed by atoms with E-state index < -0.39 is 6.10 Å². The van der Waals surface area contributed by atoms with Gasteiger partial charge in [-0.05, 0) is 64.3 Å². The van der Waals surface area contributed by atoms with Crippen molar-refractivity contribution < 1.29 is 9.90 Å². The van der Waals surface area contributed by atoms with Gasteiger partial charge in [0, 0.05) is 12.6 Å². The fourth-order valence-corrected chi connectivity index (χ4v) is 2.08. The van der Waals surface area contributed by atoms with Gasteiger partial charge in [-0.3, -0.25) is 4.79 Å². The molecule has 3 N–H and O–H groups in total. The molecule has 0 aliphatic rings. The van der Waals surface area contributed by atoms with Crippen molar-refractivity contribution in [3.63, 3.8) is 0 Å². The number of hydrogen-bond acceptors (Lipinski definition) is 4. The Morgan fingerprint density at radius 2 is 2.10 bits per heavy atom. The topological polar surface area (TPSA) is 64.6 Å². The van der Waals surface area contributed by atoms with Gasteiger partial charge >= 0.3 is 0 Å². The van der Waals surface area contributed by atoms with Crippen LogP contribution in [0.25, 0.3) is 0 Å². The smallest absolute Gasteiger partial charge is 0.221 e. The second kappa shape index (κ2) is 9.50. The molecule has 0 radical (unpaired) electrons. The van der Waals surface area contributed by atoms with Crippen LogP contribution in [0, 0.1) is 0 Å². The first kappa shape index (κ1) is 17.6. The van der Waals surface area contributed by atoms with Crippen molar-refractivity contribution in [2.75, 3.05) is 39.0 Å². The van der Waals surface area contributed by atoms with E-state index in [0.29, 0.717) is 6.42 Å². The standard InChI is InChI=1S/C16H27N3O2/c1-13(20)18-15-7-4-6-14(12-15)16(21)8-10-17-9-5-11-19(2)3/h4,6-7,12,16-17,21H,5,8-11H2,1-3H3,(H,18,20). The van der Waals surface area contributed by atoms with Crippen LogP contribution in [0.3, 0.4) is 0 Å². The number of benzene rings is 1. The number of amides is 1. The third-order valence-electron chi connectivity index (χ3n) is 3.15. The third kappa shape index (κ3) is 7.80. The second-order valence-corrected chi connectivity index (χ2v) is 5.52. The first-order valence-corrected chi connectivity index (χ1v) is 7.40. The Balaban J connectivity index is 2.31. The molecule has 0 bridgehead atoms. The number of nitrogens with zero attached hydrogens (tertiary/aromatic N) is 1. The van der Waals surface area contributed by atoms with Gasteiger partial charge in [-0.2, -0.15) is 0 Å². The molecule has 0 saturated heterocycles. The van der Waals surface area contributed by atoms with Crippen LogP contribution >= 0.6 is 0 Å².